The molecule has 1 N–H and O–H groups in total. The second-order valence-electron chi connectivity index (χ2n) is 4.38. The fourth-order valence-corrected chi connectivity index (χ4v) is 1.87. The van der Waals surface area contributed by atoms with Crippen molar-refractivity contribution >= 4 is 11.7 Å². The molecule has 0 saturated heterocycles. The van der Waals surface area contributed by atoms with Crippen molar-refractivity contribution in [2.24, 2.45) is 0 Å². The number of likely N-dealkylation sites (N-methyl/N-ethyl adjacent to an activating group) is 1. The first kappa shape index (κ1) is 13.1. The number of hydrogen-bond acceptors (Lipinski definition) is 4. The molecule has 2 rings (SSSR count). The molecule has 19 heavy (non-hydrogen) atoms. The van der Waals surface area contributed by atoms with Crippen LogP contribution in [-0.2, 0) is 6.54 Å². The molecule has 0 unspecified atom stereocenters. The zero-order chi connectivity index (χ0) is 13.8. The van der Waals surface area contributed by atoms with Gasteiger partial charge in [0.05, 0.1) is 12.7 Å². The van der Waals surface area contributed by atoms with Crippen LogP contribution in [0.5, 0.6) is 0 Å². The predicted octanol–water partition coefficient (Wildman–Crippen LogP) is 1.42. The second-order valence-corrected chi connectivity index (χ2v) is 4.38. The summed E-state index contributed by atoms with van der Waals surface area (Å²) < 4.78 is 1.54. The Morgan fingerprint density at radius 3 is 2.79 bits per heavy atom. The van der Waals surface area contributed by atoms with Crippen molar-refractivity contribution in [1.82, 2.24) is 15.0 Å². The van der Waals surface area contributed by atoms with Gasteiger partial charge in [0.2, 0.25) is 0 Å². The topological polar surface area (TPSA) is 71.2 Å². The van der Waals surface area contributed by atoms with Crippen LogP contribution in [0.2, 0.25) is 0 Å². The molecule has 6 heteroatoms. The lowest BCUT2D eigenvalue weighted by molar-refractivity contribution is 0.0690. The molecule has 0 atom stereocenters. The fourth-order valence-electron chi connectivity index (χ4n) is 1.87. The van der Waals surface area contributed by atoms with E-state index in [4.69, 9.17) is 5.11 Å². The monoisotopic (exact) mass is 260 g/mol. The van der Waals surface area contributed by atoms with Crippen molar-refractivity contribution in [2.75, 3.05) is 18.5 Å². The summed E-state index contributed by atoms with van der Waals surface area (Å²) in [7, 11) is 2.00. The number of anilines is 1. The fraction of sp³-hybridized carbons (Fsp3) is 0.308. The summed E-state index contributed by atoms with van der Waals surface area (Å²) in [4.78, 5) is 12.8. The summed E-state index contributed by atoms with van der Waals surface area (Å²) >= 11 is 0. The number of aromatic carboxylic acids is 1. The molecule has 0 aliphatic heterocycles. The molecular formula is C13H16N4O2. The molecule has 2 aromatic rings. The molecule has 0 saturated carbocycles. The number of carboxylic acid groups (broad SMARTS) is 1. The minimum absolute atomic E-state index is 0.0291. The van der Waals surface area contributed by atoms with E-state index in [2.05, 4.69) is 34.3 Å². The molecule has 0 bridgehead atoms. The van der Waals surface area contributed by atoms with Gasteiger partial charge in [-0.05, 0) is 18.6 Å². The Kier molecular flexibility index (Phi) is 3.79. The van der Waals surface area contributed by atoms with Crippen LogP contribution < -0.4 is 4.90 Å². The third-order valence-corrected chi connectivity index (χ3v) is 2.95. The molecule has 0 aliphatic rings. The first-order chi connectivity index (χ1) is 9.08. The number of carbonyl (C=O) groups is 1. The Morgan fingerprint density at radius 1 is 1.42 bits per heavy atom. The molecule has 0 aliphatic carbocycles. The molecule has 100 valence electrons. The molecule has 6 nitrogen and oxygen atoms in total. The van der Waals surface area contributed by atoms with E-state index in [0.717, 1.165) is 12.2 Å². The van der Waals surface area contributed by atoms with Crippen LogP contribution in [0.3, 0.4) is 0 Å². The lowest BCUT2D eigenvalue weighted by Crippen LogP contribution is -2.23. The molecule has 1 heterocycles. The van der Waals surface area contributed by atoms with Crippen LogP contribution in [0.15, 0.2) is 30.5 Å². The first-order valence-electron chi connectivity index (χ1n) is 5.98. The standard InChI is InChI=1S/C13H16N4O2/c1-10-5-3-4-6-12(10)16(2)7-8-17-9-11(13(18)19)14-15-17/h3-6,9H,7-8H2,1-2H3,(H,18,19). The van der Waals surface area contributed by atoms with Crippen molar-refractivity contribution in [3.05, 3.63) is 41.7 Å². The van der Waals surface area contributed by atoms with Crippen molar-refractivity contribution in [3.8, 4) is 0 Å². The van der Waals surface area contributed by atoms with Gasteiger partial charge in [0.15, 0.2) is 5.69 Å². The van der Waals surface area contributed by atoms with Crippen LogP contribution in [-0.4, -0.2) is 39.7 Å². The number of nitrogens with zero attached hydrogens (tertiary/aromatic N) is 4. The Hall–Kier alpha value is -2.37. The highest BCUT2D eigenvalue weighted by molar-refractivity contribution is 5.84. The summed E-state index contributed by atoms with van der Waals surface area (Å²) in [6.07, 6.45) is 1.44. The zero-order valence-electron chi connectivity index (χ0n) is 10.9. The van der Waals surface area contributed by atoms with Gasteiger partial charge in [-0.2, -0.15) is 0 Å². The zero-order valence-corrected chi connectivity index (χ0v) is 10.9. The quantitative estimate of drug-likeness (QED) is 0.880. The third kappa shape index (κ3) is 3.09. The van der Waals surface area contributed by atoms with Crippen LogP contribution in [0.4, 0.5) is 5.69 Å². The van der Waals surface area contributed by atoms with Crippen LogP contribution in [0.1, 0.15) is 16.1 Å². The normalized spacial score (nSPS) is 10.4. The Labute approximate surface area is 111 Å². The van der Waals surface area contributed by atoms with Crippen molar-refractivity contribution < 1.29 is 9.90 Å². The maximum Gasteiger partial charge on any atom is 0.358 e. The second kappa shape index (κ2) is 5.51. The number of aryl methyl sites for hydroxylation is 1. The molecule has 1 aromatic heterocycles. The first-order valence-corrected chi connectivity index (χ1v) is 5.98. The molecule has 0 amide bonds. The van der Waals surface area contributed by atoms with Crippen LogP contribution >= 0.6 is 0 Å². The summed E-state index contributed by atoms with van der Waals surface area (Å²) in [6, 6.07) is 8.11. The smallest absolute Gasteiger partial charge is 0.358 e. The van der Waals surface area contributed by atoms with Crippen molar-refractivity contribution in [3.63, 3.8) is 0 Å². The van der Waals surface area contributed by atoms with Gasteiger partial charge in [-0.25, -0.2) is 9.48 Å². The predicted molar refractivity (Wildman–Crippen MR) is 71.4 cm³/mol. The number of para-hydroxylation sites is 1. The minimum Gasteiger partial charge on any atom is -0.476 e. The van der Waals surface area contributed by atoms with Crippen LogP contribution in [0, 0.1) is 6.92 Å². The summed E-state index contributed by atoms with van der Waals surface area (Å²) in [5.41, 5.74) is 2.33. The summed E-state index contributed by atoms with van der Waals surface area (Å²) in [5, 5.41) is 16.1. The van der Waals surface area contributed by atoms with Gasteiger partial charge < -0.3 is 10.0 Å². The third-order valence-electron chi connectivity index (χ3n) is 2.95. The van der Waals surface area contributed by atoms with E-state index in [1.165, 1.54) is 16.4 Å². The van der Waals surface area contributed by atoms with Gasteiger partial charge in [-0.3, -0.25) is 0 Å². The van der Waals surface area contributed by atoms with E-state index in [1.54, 1.807) is 0 Å². The van der Waals surface area contributed by atoms with Crippen molar-refractivity contribution in [1.29, 1.82) is 0 Å². The Balaban J connectivity index is 1.98. The number of hydrogen-bond donors (Lipinski definition) is 1. The maximum atomic E-state index is 10.7. The molecule has 0 fully saturated rings. The largest absolute Gasteiger partial charge is 0.476 e. The summed E-state index contributed by atoms with van der Waals surface area (Å²) in [5.74, 6) is -1.06. The van der Waals surface area contributed by atoms with E-state index in [0.29, 0.717) is 6.54 Å². The number of rotatable bonds is 5. The van der Waals surface area contributed by atoms with E-state index >= 15 is 0 Å². The Morgan fingerprint density at radius 2 is 2.16 bits per heavy atom. The van der Waals surface area contributed by atoms with E-state index in [1.807, 2.05) is 19.2 Å². The van der Waals surface area contributed by atoms with Gasteiger partial charge >= 0.3 is 5.97 Å². The number of aromatic nitrogens is 3. The van der Waals surface area contributed by atoms with Gasteiger partial charge in [-0.1, -0.05) is 23.4 Å². The molecule has 1 aromatic carbocycles. The molecular weight excluding hydrogens is 244 g/mol. The average Bonchev–Trinajstić information content (AvgIpc) is 2.85. The Bertz CT molecular complexity index is 580. The van der Waals surface area contributed by atoms with Crippen LogP contribution in [0.25, 0.3) is 0 Å². The van der Waals surface area contributed by atoms with Gasteiger partial charge in [-0.15, -0.1) is 5.10 Å². The van der Waals surface area contributed by atoms with Gasteiger partial charge in [0.25, 0.3) is 0 Å². The number of benzene rings is 1. The lowest BCUT2D eigenvalue weighted by atomic mass is 10.2. The number of carboxylic acids is 1. The highest BCUT2D eigenvalue weighted by Crippen LogP contribution is 2.17. The lowest BCUT2D eigenvalue weighted by Gasteiger charge is -2.21. The molecule has 0 spiro atoms. The van der Waals surface area contributed by atoms with E-state index in [9.17, 15) is 4.79 Å². The summed E-state index contributed by atoms with van der Waals surface area (Å²) in [6.45, 7) is 3.38. The van der Waals surface area contributed by atoms with Gasteiger partial charge in [0.1, 0.15) is 0 Å². The average molecular weight is 260 g/mol. The van der Waals surface area contributed by atoms with E-state index in [-0.39, 0.29) is 5.69 Å². The van der Waals surface area contributed by atoms with Gasteiger partial charge in [0, 0.05) is 19.3 Å². The maximum absolute atomic E-state index is 10.7. The van der Waals surface area contributed by atoms with E-state index < -0.39 is 5.97 Å². The molecule has 0 radical (unpaired) electrons. The minimum atomic E-state index is -1.06. The highest BCUT2D eigenvalue weighted by atomic mass is 16.4. The SMILES string of the molecule is Cc1ccccc1N(C)CCn1cc(C(=O)O)nn1. The van der Waals surface area contributed by atoms with Crippen molar-refractivity contribution in [2.45, 2.75) is 13.5 Å². The highest BCUT2D eigenvalue weighted by Gasteiger charge is 2.09.